The van der Waals surface area contributed by atoms with Crippen molar-refractivity contribution in [1.29, 1.82) is 0 Å². The van der Waals surface area contributed by atoms with Gasteiger partial charge in [0.05, 0.1) is 0 Å². The van der Waals surface area contributed by atoms with Crippen LogP contribution in [0.5, 0.6) is 5.75 Å². The molecule has 1 unspecified atom stereocenters. The van der Waals surface area contributed by atoms with Crippen molar-refractivity contribution in [2.24, 2.45) is 0 Å². The Morgan fingerprint density at radius 1 is 1.03 bits per heavy atom. The van der Waals surface area contributed by atoms with Crippen molar-refractivity contribution in [1.82, 2.24) is 4.90 Å². The molecular weight excluding hydrogens is 481 g/mol. The summed E-state index contributed by atoms with van der Waals surface area (Å²) in [5.74, 6) is -0.316. The van der Waals surface area contributed by atoms with Crippen LogP contribution >= 0.6 is 0 Å². The van der Waals surface area contributed by atoms with Gasteiger partial charge in [-0.15, -0.1) is 0 Å². The Morgan fingerprint density at radius 2 is 1.74 bits per heavy atom. The van der Waals surface area contributed by atoms with Crippen LogP contribution in [-0.2, 0) is 35.3 Å². The van der Waals surface area contributed by atoms with E-state index < -0.39 is 12.5 Å². The van der Waals surface area contributed by atoms with Gasteiger partial charge in [0, 0.05) is 25.8 Å². The zero-order chi connectivity index (χ0) is 27.3. The van der Waals surface area contributed by atoms with Gasteiger partial charge in [-0.05, 0) is 65.6 Å². The monoisotopic (exact) mass is 517 g/mol. The molecule has 1 atom stereocenters. The predicted octanol–water partition coefficient (Wildman–Crippen LogP) is 5.97. The average Bonchev–Trinajstić information content (AvgIpc) is 3.20. The molecule has 1 amide bonds. The largest absolute Gasteiger partial charge is 0.487 e. The van der Waals surface area contributed by atoms with Crippen LogP contribution in [-0.4, -0.2) is 40.6 Å². The molecule has 0 radical (unpaired) electrons. The molecule has 0 aromatic heterocycles. The molecule has 0 saturated carbocycles. The summed E-state index contributed by atoms with van der Waals surface area (Å²) in [6.07, 6.45) is 2.53. The zero-order valence-electron chi connectivity index (χ0n) is 22.4. The van der Waals surface area contributed by atoms with E-state index in [9.17, 15) is 19.1 Å². The normalized spacial score (nSPS) is 16.2. The third-order valence-electron chi connectivity index (χ3n) is 7.19. The van der Waals surface area contributed by atoms with E-state index in [-0.39, 0.29) is 36.7 Å². The Balaban J connectivity index is 1.35. The highest BCUT2D eigenvalue weighted by Gasteiger charge is 2.35. The first kappa shape index (κ1) is 27.4. The van der Waals surface area contributed by atoms with Gasteiger partial charge in [0.2, 0.25) is 5.91 Å². The Morgan fingerprint density at radius 3 is 2.42 bits per heavy atom. The lowest BCUT2D eigenvalue weighted by molar-refractivity contribution is -0.144. The van der Waals surface area contributed by atoms with Crippen LogP contribution in [0.25, 0.3) is 0 Å². The first-order chi connectivity index (χ1) is 18.1. The van der Waals surface area contributed by atoms with Crippen LogP contribution in [0.4, 0.5) is 4.39 Å². The molecule has 1 aliphatic rings. The molecule has 3 aromatic carbocycles. The number of hydrogen-bond acceptors (Lipinski definition) is 3. The maximum absolute atomic E-state index is 14.0. The van der Waals surface area contributed by atoms with Gasteiger partial charge in [-0.25, -0.2) is 4.39 Å². The SMILES string of the molecule is CC(C)c1ccc(CC2(C)Cc3cc(CCC(=O)N(CCc4ccccc4F)CC(=O)O)ccc3O2)cc1. The smallest absolute Gasteiger partial charge is 0.323 e. The predicted molar refractivity (Wildman–Crippen MR) is 146 cm³/mol. The highest BCUT2D eigenvalue weighted by molar-refractivity contribution is 5.81. The molecule has 38 heavy (non-hydrogen) atoms. The lowest BCUT2D eigenvalue weighted by Crippen LogP contribution is -2.37. The quantitative estimate of drug-likeness (QED) is 0.340. The summed E-state index contributed by atoms with van der Waals surface area (Å²) in [4.78, 5) is 25.6. The molecule has 0 fully saturated rings. The van der Waals surface area contributed by atoms with Crippen molar-refractivity contribution in [3.8, 4) is 5.75 Å². The van der Waals surface area contributed by atoms with Gasteiger partial charge in [0.15, 0.2) is 0 Å². The standard InChI is InChI=1S/C32H36FNO4/c1-22(2)25-12-8-24(9-13-25)19-32(3)20-27-18-23(10-14-29(27)38-32)11-15-30(35)34(21-31(36)37)17-16-26-6-4-5-7-28(26)33/h4-10,12-14,18,22H,11,15-17,19-21H2,1-3H3,(H,36,37). The minimum Gasteiger partial charge on any atom is -0.487 e. The maximum Gasteiger partial charge on any atom is 0.323 e. The van der Waals surface area contributed by atoms with Gasteiger partial charge in [-0.1, -0.05) is 68.4 Å². The number of nitrogens with zero attached hydrogens (tertiary/aromatic N) is 1. The molecule has 0 bridgehead atoms. The van der Waals surface area contributed by atoms with Crippen LogP contribution in [0.3, 0.4) is 0 Å². The Bertz CT molecular complexity index is 1290. The second-order valence-electron chi connectivity index (χ2n) is 10.8. The summed E-state index contributed by atoms with van der Waals surface area (Å²) in [6, 6.07) is 21.1. The van der Waals surface area contributed by atoms with Gasteiger partial charge in [0.1, 0.15) is 23.7 Å². The molecule has 5 nitrogen and oxygen atoms in total. The Labute approximate surface area is 224 Å². The number of ether oxygens (including phenoxy) is 1. The molecule has 0 saturated heterocycles. The second-order valence-corrected chi connectivity index (χ2v) is 10.8. The number of aliphatic carboxylic acids is 1. The Kier molecular flexibility index (Phi) is 8.50. The second kappa shape index (κ2) is 11.8. The molecular formula is C32H36FNO4. The molecule has 1 aliphatic heterocycles. The molecule has 200 valence electrons. The first-order valence-corrected chi connectivity index (χ1v) is 13.2. The molecule has 1 N–H and O–H groups in total. The summed E-state index contributed by atoms with van der Waals surface area (Å²) >= 11 is 0. The number of aryl methyl sites for hydroxylation is 1. The van der Waals surface area contributed by atoms with Crippen LogP contribution in [0, 0.1) is 5.82 Å². The summed E-state index contributed by atoms with van der Waals surface area (Å²) in [5, 5.41) is 9.29. The van der Waals surface area contributed by atoms with Crippen LogP contribution < -0.4 is 4.74 Å². The number of halogens is 1. The molecule has 0 spiro atoms. The van der Waals surface area contributed by atoms with Gasteiger partial charge < -0.3 is 14.7 Å². The summed E-state index contributed by atoms with van der Waals surface area (Å²) in [6.45, 7) is 6.26. The van der Waals surface area contributed by atoms with E-state index >= 15 is 0 Å². The summed E-state index contributed by atoms with van der Waals surface area (Å²) < 4.78 is 20.3. The van der Waals surface area contributed by atoms with Crippen LogP contribution in [0.2, 0.25) is 0 Å². The number of carbonyl (C=O) groups excluding carboxylic acids is 1. The fourth-order valence-electron chi connectivity index (χ4n) is 5.10. The summed E-state index contributed by atoms with van der Waals surface area (Å²) in [7, 11) is 0. The number of fused-ring (bicyclic) bond motifs is 1. The van der Waals surface area contributed by atoms with Crippen molar-refractivity contribution in [2.75, 3.05) is 13.1 Å². The van der Waals surface area contributed by atoms with E-state index in [4.69, 9.17) is 4.74 Å². The van der Waals surface area contributed by atoms with E-state index in [0.717, 1.165) is 29.7 Å². The topological polar surface area (TPSA) is 66.8 Å². The summed E-state index contributed by atoms with van der Waals surface area (Å²) in [5.41, 5.74) is 4.83. The first-order valence-electron chi connectivity index (χ1n) is 13.2. The van der Waals surface area contributed by atoms with E-state index in [1.807, 2.05) is 12.1 Å². The van der Waals surface area contributed by atoms with Gasteiger partial charge in [0.25, 0.3) is 0 Å². The van der Waals surface area contributed by atoms with E-state index in [0.29, 0.717) is 17.9 Å². The lowest BCUT2D eigenvalue weighted by atomic mass is 9.90. The van der Waals surface area contributed by atoms with Crippen molar-refractivity contribution in [2.45, 2.75) is 64.4 Å². The molecule has 0 aliphatic carbocycles. The third-order valence-corrected chi connectivity index (χ3v) is 7.19. The maximum atomic E-state index is 14.0. The molecule has 6 heteroatoms. The fraction of sp³-hybridized carbons (Fsp3) is 0.375. The van der Waals surface area contributed by atoms with E-state index in [1.165, 1.54) is 22.1 Å². The lowest BCUT2D eigenvalue weighted by Gasteiger charge is -2.24. The Hall–Kier alpha value is -3.67. The van der Waals surface area contributed by atoms with Crippen molar-refractivity contribution >= 4 is 11.9 Å². The molecule has 3 aromatic rings. The molecule has 4 rings (SSSR count). The van der Waals surface area contributed by atoms with Gasteiger partial charge in [-0.2, -0.15) is 0 Å². The number of rotatable bonds is 11. The highest BCUT2D eigenvalue weighted by atomic mass is 19.1. The van der Waals surface area contributed by atoms with Crippen molar-refractivity contribution in [3.05, 3.63) is 100 Å². The van der Waals surface area contributed by atoms with Crippen LogP contribution in [0.1, 0.15) is 60.9 Å². The third kappa shape index (κ3) is 7.00. The minimum absolute atomic E-state index is 0.153. The zero-order valence-corrected chi connectivity index (χ0v) is 22.4. The van der Waals surface area contributed by atoms with E-state index in [1.54, 1.807) is 18.2 Å². The number of carbonyl (C=O) groups is 2. The van der Waals surface area contributed by atoms with Crippen LogP contribution in [0.15, 0.2) is 66.7 Å². The number of carboxylic acid groups (broad SMARTS) is 1. The fourth-order valence-corrected chi connectivity index (χ4v) is 5.10. The number of amides is 1. The van der Waals surface area contributed by atoms with E-state index in [2.05, 4.69) is 51.1 Å². The van der Waals surface area contributed by atoms with Crippen molar-refractivity contribution in [3.63, 3.8) is 0 Å². The highest BCUT2D eigenvalue weighted by Crippen LogP contribution is 2.37. The van der Waals surface area contributed by atoms with Crippen molar-refractivity contribution < 1.29 is 23.8 Å². The van der Waals surface area contributed by atoms with Gasteiger partial charge in [-0.3, -0.25) is 9.59 Å². The number of carboxylic acids is 1. The molecule has 1 heterocycles. The van der Waals surface area contributed by atoms with Gasteiger partial charge >= 0.3 is 5.97 Å². The average molecular weight is 518 g/mol. The number of hydrogen-bond donors (Lipinski definition) is 1. The number of benzene rings is 3. The minimum atomic E-state index is -1.08.